The fourth-order valence-electron chi connectivity index (χ4n) is 4.43. The van der Waals surface area contributed by atoms with Gasteiger partial charge >= 0.3 is 0 Å². The van der Waals surface area contributed by atoms with E-state index in [9.17, 15) is 9.18 Å². The number of para-hydroxylation sites is 1. The van der Waals surface area contributed by atoms with Crippen LogP contribution in [-0.4, -0.2) is 66.2 Å². The molecule has 1 fully saturated rings. The molecule has 1 aromatic heterocycles. The van der Waals surface area contributed by atoms with E-state index >= 15 is 0 Å². The summed E-state index contributed by atoms with van der Waals surface area (Å²) in [5.41, 5.74) is 3.19. The first-order valence-electron chi connectivity index (χ1n) is 11.4. The summed E-state index contributed by atoms with van der Waals surface area (Å²) in [5.74, 6) is 0.965. The topological polar surface area (TPSA) is 61.5 Å². The molecule has 0 unspecified atom stereocenters. The maximum Gasteiger partial charge on any atom is 0.271 e. The van der Waals surface area contributed by atoms with Gasteiger partial charge in [0, 0.05) is 25.7 Å². The van der Waals surface area contributed by atoms with Crippen molar-refractivity contribution < 1.29 is 13.9 Å². The van der Waals surface area contributed by atoms with Gasteiger partial charge in [0.05, 0.1) is 12.8 Å². The largest absolute Gasteiger partial charge is 0.496 e. The molecule has 6 nitrogen and oxygen atoms in total. The number of aromatic amines is 1. The molecule has 3 aromatic rings. The van der Waals surface area contributed by atoms with Crippen LogP contribution in [0.1, 0.15) is 28.9 Å². The van der Waals surface area contributed by atoms with Gasteiger partial charge in [0.1, 0.15) is 17.3 Å². The zero-order valence-electron chi connectivity index (χ0n) is 19.3. The van der Waals surface area contributed by atoms with E-state index in [1.807, 2.05) is 43.4 Å². The summed E-state index contributed by atoms with van der Waals surface area (Å²) in [6.07, 6.45) is 3.06. The summed E-state index contributed by atoms with van der Waals surface area (Å²) in [6.45, 7) is 3.76. The molecule has 1 amide bonds. The Morgan fingerprint density at radius 1 is 1.18 bits per heavy atom. The highest BCUT2D eigenvalue weighted by Gasteiger charge is 2.23. The third-order valence-electron chi connectivity index (χ3n) is 6.41. The van der Waals surface area contributed by atoms with Gasteiger partial charge in [-0.25, -0.2) is 4.39 Å². The molecule has 0 aliphatic carbocycles. The van der Waals surface area contributed by atoms with Crippen molar-refractivity contribution in [2.45, 2.75) is 19.3 Å². The van der Waals surface area contributed by atoms with E-state index in [0.717, 1.165) is 62.3 Å². The van der Waals surface area contributed by atoms with Crippen LogP contribution in [0.15, 0.2) is 54.6 Å². The first kappa shape index (κ1) is 23.0. The minimum Gasteiger partial charge on any atom is -0.496 e. The standard InChI is InChI=1S/C26H31FN4O2/c1-30(26(32)24-17-23(28-29-24)22-5-3-4-6-25(22)33-2)18-20-12-15-31(16-13-20)14-11-19-7-9-21(27)10-8-19/h3-10,17,20H,11-16,18H2,1-2H3,(H,28,29). The summed E-state index contributed by atoms with van der Waals surface area (Å²) in [5, 5.41) is 7.21. The van der Waals surface area contributed by atoms with Crippen molar-refractivity contribution in [1.82, 2.24) is 20.0 Å². The second-order valence-corrected chi connectivity index (χ2v) is 8.71. The summed E-state index contributed by atoms with van der Waals surface area (Å²) >= 11 is 0. The van der Waals surface area contributed by atoms with E-state index < -0.39 is 0 Å². The summed E-state index contributed by atoms with van der Waals surface area (Å²) in [6, 6.07) is 16.2. The minimum atomic E-state index is -0.190. The van der Waals surface area contributed by atoms with E-state index in [0.29, 0.717) is 17.3 Å². The molecular formula is C26H31FN4O2. The van der Waals surface area contributed by atoms with Crippen LogP contribution in [-0.2, 0) is 6.42 Å². The highest BCUT2D eigenvalue weighted by Crippen LogP contribution is 2.28. The Kier molecular flexibility index (Phi) is 7.40. The molecule has 2 heterocycles. The van der Waals surface area contributed by atoms with Gasteiger partial charge in [0.2, 0.25) is 0 Å². The molecule has 2 aromatic carbocycles. The van der Waals surface area contributed by atoms with Gasteiger partial charge in [-0.05, 0) is 74.2 Å². The minimum absolute atomic E-state index is 0.0533. The average Bonchev–Trinajstić information content (AvgIpc) is 3.34. The SMILES string of the molecule is COc1ccccc1-c1cc(C(=O)N(C)CC2CCN(CCc3ccc(F)cc3)CC2)[nH]n1. The lowest BCUT2D eigenvalue weighted by atomic mass is 9.96. The lowest BCUT2D eigenvalue weighted by molar-refractivity contribution is 0.0734. The summed E-state index contributed by atoms with van der Waals surface area (Å²) in [4.78, 5) is 17.2. The molecule has 33 heavy (non-hydrogen) atoms. The number of rotatable bonds is 8. The van der Waals surface area contributed by atoms with Gasteiger partial charge in [0.15, 0.2) is 0 Å². The number of H-pyrrole nitrogens is 1. The number of aromatic nitrogens is 2. The zero-order valence-corrected chi connectivity index (χ0v) is 19.3. The predicted octanol–water partition coefficient (Wildman–Crippen LogP) is 4.25. The molecule has 0 atom stereocenters. The van der Waals surface area contributed by atoms with Crippen molar-refractivity contribution in [2.75, 3.05) is 40.3 Å². The van der Waals surface area contributed by atoms with Crippen molar-refractivity contribution >= 4 is 5.91 Å². The first-order valence-corrected chi connectivity index (χ1v) is 11.4. The molecule has 4 rings (SSSR count). The van der Waals surface area contributed by atoms with Crippen LogP contribution in [0, 0.1) is 11.7 Å². The van der Waals surface area contributed by atoms with Gasteiger partial charge in [0.25, 0.3) is 5.91 Å². The maximum absolute atomic E-state index is 13.1. The number of carbonyl (C=O) groups is 1. The number of benzene rings is 2. The van der Waals surface area contributed by atoms with Crippen LogP contribution in [0.5, 0.6) is 5.75 Å². The number of amides is 1. The zero-order chi connectivity index (χ0) is 23.2. The molecule has 0 bridgehead atoms. The highest BCUT2D eigenvalue weighted by molar-refractivity contribution is 5.93. The van der Waals surface area contributed by atoms with Crippen LogP contribution < -0.4 is 4.74 Å². The average molecular weight is 451 g/mol. The second kappa shape index (κ2) is 10.6. The number of piperidine rings is 1. The third-order valence-corrected chi connectivity index (χ3v) is 6.41. The smallest absolute Gasteiger partial charge is 0.271 e. The molecular weight excluding hydrogens is 419 g/mol. The maximum atomic E-state index is 13.1. The summed E-state index contributed by atoms with van der Waals surface area (Å²) < 4.78 is 18.5. The fourth-order valence-corrected chi connectivity index (χ4v) is 4.43. The van der Waals surface area contributed by atoms with E-state index in [4.69, 9.17) is 4.74 Å². The highest BCUT2D eigenvalue weighted by atomic mass is 19.1. The van der Waals surface area contributed by atoms with Crippen LogP contribution in [0.2, 0.25) is 0 Å². The van der Waals surface area contributed by atoms with E-state index in [1.54, 1.807) is 18.1 Å². The van der Waals surface area contributed by atoms with Crippen LogP contribution in [0.3, 0.4) is 0 Å². The molecule has 1 saturated heterocycles. The van der Waals surface area contributed by atoms with Crippen molar-refractivity contribution in [3.63, 3.8) is 0 Å². The number of hydrogen-bond donors (Lipinski definition) is 1. The van der Waals surface area contributed by atoms with Crippen molar-refractivity contribution in [3.8, 4) is 17.0 Å². The van der Waals surface area contributed by atoms with Crippen molar-refractivity contribution in [2.24, 2.45) is 5.92 Å². The monoisotopic (exact) mass is 450 g/mol. The normalized spacial score (nSPS) is 14.9. The van der Waals surface area contributed by atoms with Gasteiger partial charge in [-0.3, -0.25) is 9.89 Å². The molecule has 0 saturated carbocycles. The molecule has 1 aliphatic heterocycles. The number of hydrogen-bond acceptors (Lipinski definition) is 4. The Balaban J connectivity index is 1.26. The van der Waals surface area contributed by atoms with E-state index in [-0.39, 0.29) is 11.7 Å². The number of likely N-dealkylation sites (tertiary alicyclic amines) is 1. The molecule has 1 N–H and O–H groups in total. The number of nitrogens with one attached hydrogen (secondary N) is 1. The number of halogens is 1. The van der Waals surface area contributed by atoms with Crippen LogP contribution in [0.25, 0.3) is 11.3 Å². The lowest BCUT2D eigenvalue weighted by Gasteiger charge is -2.33. The Morgan fingerprint density at radius 3 is 2.64 bits per heavy atom. The van der Waals surface area contributed by atoms with Crippen molar-refractivity contribution in [3.05, 3.63) is 71.7 Å². The lowest BCUT2D eigenvalue weighted by Crippen LogP contribution is -2.40. The van der Waals surface area contributed by atoms with Crippen LogP contribution in [0.4, 0.5) is 4.39 Å². The van der Waals surface area contributed by atoms with Gasteiger partial charge in [-0.15, -0.1) is 0 Å². The second-order valence-electron chi connectivity index (χ2n) is 8.71. The Morgan fingerprint density at radius 2 is 1.91 bits per heavy atom. The fraction of sp³-hybridized carbons (Fsp3) is 0.385. The predicted molar refractivity (Wildman–Crippen MR) is 127 cm³/mol. The third kappa shape index (κ3) is 5.79. The Hall–Kier alpha value is -3.19. The van der Waals surface area contributed by atoms with E-state index in [1.165, 1.54) is 12.1 Å². The quantitative estimate of drug-likeness (QED) is 0.557. The van der Waals surface area contributed by atoms with E-state index in [2.05, 4.69) is 15.1 Å². The van der Waals surface area contributed by atoms with Gasteiger partial charge in [-0.1, -0.05) is 24.3 Å². The Labute approximate surface area is 194 Å². The summed E-state index contributed by atoms with van der Waals surface area (Å²) in [7, 11) is 3.48. The number of carbonyl (C=O) groups excluding carboxylic acids is 1. The first-order chi connectivity index (χ1) is 16.0. The number of nitrogens with zero attached hydrogens (tertiary/aromatic N) is 3. The number of methoxy groups -OCH3 is 1. The molecule has 0 radical (unpaired) electrons. The van der Waals surface area contributed by atoms with Gasteiger partial charge in [-0.2, -0.15) is 5.10 Å². The number of ether oxygens (including phenoxy) is 1. The van der Waals surface area contributed by atoms with Gasteiger partial charge < -0.3 is 14.5 Å². The molecule has 0 spiro atoms. The molecule has 7 heteroatoms. The van der Waals surface area contributed by atoms with Crippen molar-refractivity contribution in [1.29, 1.82) is 0 Å². The molecule has 174 valence electrons. The Bertz CT molecular complexity index is 1060. The van der Waals surface area contributed by atoms with Crippen LogP contribution >= 0.6 is 0 Å². The molecule has 1 aliphatic rings.